The van der Waals surface area contributed by atoms with Crippen molar-refractivity contribution in [2.24, 2.45) is 10.7 Å². The maximum atomic E-state index is 6.07. The highest BCUT2D eigenvalue weighted by Crippen LogP contribution is 2.28. The van der Waals surface area contributed by atoms with Crippen LogP contribution in [0, 0.1) is 0 Å². The zero-order valence-electron chi connectivity index (χ0n) is 16.7. The maximum absolute atomic E-state index is 6.07. The number of benzene rings is 1. The molecule has 1 unspecified atom stereocenters. The summed E-state index contributed by atoms with van der Waals surface area (Å²) >= 11 is 6.07. The molecule has 0 amide bonds. The van der Waals surface area contributed by atoms with Crippen molar-refractivity contribution in [3.05, 3.63) is 34.9 Å². The number of morpholine rings is 1. The number of rotatable bonds is 9. The minimum absolute atomic E-state index is 0.134. The van der Waals surface area contributed by atoms with E-state index in [2.05, 4.69) is 41.2 Å². The molecule has 0 spiro atoms. The molecule has 27 heavy (non-hydrogen) atoms. The molecule has 152 valence electrons. The van der Waals surface area contributed by atoms with E-state index in [1.54, 1.807) is 0 Å². The third-order valence-corrected chi connectivity index (χ3v) is 4.81. The molecule has 3 N–H and O–H groups in total. The predicted molar refractivity (Wildman–Crippen MR) is 111 cm³/mol. The molecular weight excluding hydrogens is 364 g/mol. The number of nitrogens with zero attached hydrogens (tertiary/aromatic N) is 2. The molecule has 0 radical (unpaired) electrons. The largest absolute Gasteiger partial charge is 0.382 e. The molecule has 7 heteroatoms. The highest BCUT2D eigenvalue weighted by atomic mass is 35.5. The molecule has 1 fully saturated rings. The fraction of sp³-hybridized carbons (Fsp3) is 0.650. The minimum Gasteiger partial charge on any atom is -0.382 e. The van der Waals surface area contributed by atoms with Crippen LogP contribution in [0.2, 0.25) is 5.02 Å². The zero-order chi connectivity index (χ0) is 19.7. The Bertz CT molecular complexity index is 592. The van der Waals surface area contributed by atoms with Crippen molar-refractivity contribution in [3.8, 4) is 0 Å². The molecule has 1 aromatic carbocycles. The van der Waals surface area contributed by atoms with E-state index < -0.39 is 0 Å². The molecule has 1 heterocycles. The summed E-state index contributed by atoms with van der Waals surface area (Å²) in [5.41, 5.74) is 7.07. The summed E-state index contributed by atoms with van der Waals surface area (Å²) in [4.78, 5) is 7.01. The number of nitrogens with two attached hydrogens (primary N) is 1. The first kappa shape index (κ1) is 22.0. The van der Waals surface area contributed by atoms with Gasteiger partial charge in [-0.15, -0.1) is 0 Å². The summed E-state index contributed by atoms with van der Waals surface area (Å²) in [6.45, 7) is 11.5. The lowest BCUT2D eigenvalue weighted by Crippen LogP contribution is -2.50. The third kappa shape index (κ3) is 7.66. The number of aliphatic imine (C=N–C) groups is 1. The van der Waals surface area contributed by atoms with Crippen molar-refractivity contribution in [3.63, 3.8) is 0 Å². The quantitative estimate of drug-likeness (QED) is 0.381. The molecule has 0 aromatic heterocycles. The van der Waals surface area contributed by atoms with E-state index in [1.807, 2.05) is 19.1 Å². The summed E-state index contributed by atoms with van der Waals surface area (Å²) in [5, 5.41) is 3.90. The smallest absolute Gasteiger partial charge is 0.188 e. The molecule has 0 saturated carbocycles. The van der Waals surface area contributed by atoms with Gasteiger partial charge in [0, 0.05) is 37.9 Å². The Hall–Kier alpha value is -1.34. The van der Waals surface area contributed by atoms with Gasteiger partial charge in [0.2, 0.25) is 0 Å². The van der Waals surface area contributed by atoms with Crippen LogP contribution < -0.4 is 11.1 Å². The van der Waals surface area contributed by atoms with E-state index >= 15 is 0 Å². The number of halogens is 1. The Morgan fingerprint density at radius 1 is 1.41 bits per heavy atom. The normalized spacial score (nSPS) is 19.0. The van der Waals surface area contributed by atoms with Gasteiger partial charge in [-0.1, -0.05) is 23.7 Å². The lowest BCUT2D eigenvalue weighted by atomic mass is 10.0. The summed E-state index contributed by atoms with van der Waals surface area (Å²) < 4.78 is 11.2. The van der Waals surface area contributed by atoms with Crippen LogP contribution in [0.5, 0.6) is 0 Å². The van der Waals surface area contributed by atoms with E-state index in [0.717, 1.165) is 44.3 Å². The minimum atomic E-state index is -0.171. The fourth-order valence-electron chi connectivity index (χ4n) is 3.21. The van der Waals surface area contributed by atoms with Crippen molar-refractivity contribution in [1.29, 1.82) is 0 Å². The Kier molecular flexibility index (Phi) is 8.83. The topological polar surface area (TPSA) is 72.1 Å². The van der Waals surface area contributed by atoms with Crippen LogP contribution >= 0.6 is 11.6 Å². The van der Waals surface area contributed by atoms with E-state index in [-0.39, 0.29) is 11.6 Å². The van der Waals surface area contributed by atoms with E-state index in [1.165, 1.54) is 5.56 Å². The molecule has 0 bridgehead atoms. The molecule has 1 saturated heterocycles. The summed E-state index contributed by atoms with van der Waals surface area (Å²) in [6, 6.07) is 8.12. The lowest BCUT2D eigenvalue weighted by molar-refractivity contribution is -0.0967. The van der Waals surface area contributed by atoms with Crippen LogP contribution in [-0.4, -0.2) is 62.5 Å². The van der Waals surface area contributed by atoms with Crippen LogP contribution in [-0.2, 0) is 9.47 Å². The predicted octanol–water partition coefficient (Wildman–Crippen LogP) is 2.82. The molecule has 0 aliphatic carbocycles. The van der Waals surface area contributed by atoms with Crippen LogP contribution in [0.1, 0.15) is 38.8 Å². The van der Waals surface area contributed by atoms with Crippen molar-refractivity contribution >= 4 is 17.6 Å². The van der Waals surface area contributed by atoms with E-state index in [4.69, 9.17) is 26.8 Å². The summed E-state index contributed by atoms with van der Waals surface area (Å²) in [5.74, 6) is 0.470. The Morgan fingerprint density at radius 2 is 2.15 bits per heavy atom. The van der Waals surface area contributed by atoms with Gasteiger partial charge in [-0.2, -0.15) is 0 Å². The van der Waals surface area contributed by atoms with Crippen molar-refractivity contribution in [2.45, 2.75) is 38.8 Å². The van der Waals surface area contributed by atoms with Gasteiger partial charge >= 0.3 is 0 Å². The second-order valence-corrected chi connectivity index (χ2v) is 7.79. The van der Waals surface area contributed by atoms with Crippen LogP contribution in [0.3, 0.4) is 0 Å². The van der Waals surface area contributed by atoms with E-state index in [0.29, 0.717) is 19.1 Å². The Labute approximate surface area is 168 Å². The monoisotopic (exact) mass is 396 g/mol. The molecular formula is C20H33ClN4O2. The Balaban J connectivity index is 2.01. The van der Waals surface area contributed by atoms with E-state index in [9.17, 15) is 0 Å². The van der Waals surface area contributed by atoms with Gasteiger partial charge in [-0.3, -0.25) is 9.89 Å². The first-order chi connectivity index (χ1) is 12.9. The van der Waals surface area contributed by atoms with Gasteiger partial charge in [0.15, 0.2) is 5.96 Å². The molecule has 2 rings (SSSR count). The van der Waals surface area contributed by atoms with Crippen molar-refractivity contribution in [2.75, 3.05) is 46.0 Å². The highest BCUT2D eigenvalue weighted by molar-refractivity contribution is 6.30. The Morgan fingerprint density at radius 3 is 2.81 bits per heavy atom. The average Bonchev–Trinajstić information content (AvgIpc) is 2.62. The van der Waals surface area contributed by atoms with Gasteiger partial charge < -0.3 is 20.5 Å². The summed E-state index contributed by atoms with van der Waals surface area (Å²) in [6.07, 6.45) is 0.905. The van der Waals surface area contributed by atoms with Gasteiger partial charge in [0.05, 0.1) is 24.8 Å². The van der Waals surface area contributed by atoms with Gasteiger partial charge in [-0.05, 0) is 44.9 Å². The van der Waals surface area contributed by atoms with Crippen LogP contribution in [0.4, 0.5) is 0 Å². The lowest BCUT2D eigenvalue weighted by Gasteiger charge is -2.42. The van der Waals surface area contributed by atoms with Crippen molar-refractivity contribution < 1.29 is 9.47 Å². The first-order valence-corrected chi connectivity index (χ1v) is 10.0. The number of ether oxygens (including phenoxy) is 2. The first-order valence-electron chi connectivity index (χ1n) is 9.66. The highest BCUT2D eigenvalue weighted by Gasteiger charge is 2.32. The standard InChI is InChI=1S/C20H33ClN4O2/c1-4-26-12-5-10-23-19(22)24-14-18(16-6-8-17(21)9-7-16)25-11-13-27-20(2,3)15-25/h6-9,18H,4-5,10-15H2,1-3H3,(H3,22,23,24). The van der Waals surface area contributed by atoms with Gasteiger partial charge in [0.25, 0.3) is 0 Å². The fourth-order valence-corrected chi connectivity index (χ4v) is 3.34. The van der Waals surface area contributed by atoms with Gasteiger partial charge in [0.1, 0.15) is 0 Å². The molecule has 1 atom stereocenters. The van der Waals surface area contributed by atoms with Crippen LogP contribution in [0.15, 0.2) is 29.3 Å². The summed E-state index contributed by atoms with van der Waals surface area (Å²) in [7, 11) is 0. The average molecular weight is 397 g/mol. The molecule has 1 aromatic rings. The zero-order valence-corrected chi connectivity index (χ0v) is 17.5. The number of hydrogen-bond donors (Lipinski definition) is 2. The second kappa shape index (κ2) is 10.9. The van der Waals surface area contributed by atoms with Crippen molar-refractivity contribution in [1.82, 2.24) is 10.2 Å². The maximum Gasteiger partial charge on any atom is 0.188 e. The molecule has 1 aliphatic heterocycles. The third-order valence-electron chi connectivity index (χ3n) is 4.56. The molecule has 1 aliphatic rings. The number of guanidine groups is 1. The SMILES string of the molecule is CCOCCCNC(N)=NCC(c1ccc(Cl)cc1)N1CCOC(C)(C)C1. The number of nitrogens with one attached hydrogen (secondary N) is 1. The van der Waals surface area contributed by atoms with Gasteiger partial charge in [-0.25, -0.2) is 0 Å². The molecule has 6 nitrogen and oxygen atoms in total. The number of hydrogen-bond acceptors (Lipinski definition) is 4. The second-order valence-electron chi connectivity index (χ2n) is 7.35. The van der Waals surface area contributed by atoms with Crippen LogP contribution in [0.25, 0.3) is 0 Å².